The first-order valence-corrected chi connectivity index (χ1v) is 24.5. The van der Waals surface area contributed by atoms with Gasteiger partial charge in [0.2, 0.25) is 11.8 Å². The minimum Gasteiger partial charge on any atom is -0.493 e. The van der Waals surface area contributed by atoms with Gasteiger partial charge in [0.1, 0.15) is 23.4 Å². The highest BCUT2D eigenvalue weighted by Crippen LogP contribution is 2.42. The van der Waals surface area contributed by atoms with Crippen molar-refractivity contribution in [3.8, 4) is 11.5 Å². The highest BCUT2D eigenvalue weighted by molar-refractivity contribution is 6.31. The summed E-state index contributed by atoms with van der Waals surface area (Å²) in [6.45, 7) is 3.94. The Morgan fingerprint density at radius 2 is 1.66 bits per heavy atom. The van der Waals surface area contributed by atoms with Crippen LogP contribution in [0.25, 0.3) is 10.9 Å². The maximum Gasteiger partial charge on any atom is 0.312 e. The summed E-state index contributed by atoms with van der Waals surface area (Å²) in [4.78, 5) is 88.5. The fourth-order valence-electron chi connectivity index (χ4n) is 8.97. The average Bonchev–Trinajstić information content (AvgIpc) is 3.66. The largest absolute Gasteiger partial charge is 0.493 e. The van der Waals surface area contributed by atoms with Crippen LogP contribution in [0.4, 0.5) is 20.7 Å². The molecule has 20 heteroatoms. The fraction of sp³-hybridized carbons (Fsp3) is 0.451. The summed E-state index contributed by atoms with van der Waals surface area (Å²) in [6.07, 6.45) is 9.28. The molecule has 1 saturated carbocycles. The second-order valence-electron chi connectivity index (χ2n) is 18.0. The van der Waals surface area contributed by atoms with Crippen molar-refractivity contribution < 1.29 is 47.4 Å². The SMILES string of the molecule is COc1cc2ncnc(Nc3ccc(F)c(Cl)c3)c2cc1OCCCN1CCOCC1Cc1ccc(CC(=O)[C@H](CCCNC(N)=O)NC(=O)C2(C(=O)NCCCCCN3C(=O)C=CC3=O)CCC2)cc1. The Hall–Kier alpha value is -6.70. The molecule has 3 aliphatic rings. The number of ether oxygens (including phenoxy) is 3. The van der Waals surface area contributed by atoms with Gasteiger partial charge in [-0.25, -0.2) is 19.2 Å². The molecule has 1 aliphatic carbocycles. The Morgan fingerprint density at radius 1 is 0.901 bits per heavy atom. The third kappa shape index (κ3) is 13.8. The van der Waals surface area contributed by atoms with Gasteiger partial charge < -0.3 is 41.2 Å². The number of primary amides is 1. The van der Waals surface area contributed by atoms with Crippen LogP contribution in [0.3, 0.4) is 0 Å². The predicted octanol–water partition coefficient (Wildman–Crippen LogP) is 5.31. The first kappa shape index (κ1) is 52.1. The second kappa shape index (κ2) is 24.9. The highest BCUT2D eigenvalue weighted by Gasteiger charge is 2.51. The van der Waals surface area contributed by atoms with Crippen molar-refractivity contribution in [1.82, 2.24) is 35.7 Å². The second-order valence-corrected chi connectivity index (χ2v) is 18.4. The molecule has 1 aromatic heterocycles. The topological polar surface area (TPSA) is 237 Å². The fourth-order valence-corrected chi connectivity index (χ4v) is 9.15. The summed E-state index contributed by atoms with van der Waals surface area (Å²) in [6, 6.07) is 14.3. The lowest BCUT2D eigenvalue weighted by Crippen LogP contribution is -2.58. The Balaban J connectivity index is 0.899. The number of carbonyl (C=O) groups is 6. The van der Waals surface area contributed by atoms with Gasteiger partial charge >= 0.3 is 6.03 Å². The number of halogens is 2. The molecule has 0 radical (unpaired) electrons. The molecular formula is C51H61ClFN9O9. The molecule has 2 fully saturated rings. The van der Waals surface area contributed by atoms with Crippen LogP contribution in [0.2, 0.25) is 5.02 Å². The average molecular weight is 999 g/mol. The van der Waals surface area contributed by atoms with Crippen molar-refractivity contribution in [2.45, 2.75) is 82.7 Å². The van der Waals surface area contributed by atoms with E-state index in [9.17, 15) is 33.2 Å². The lowest BCUT2D eigenvalue weighted by atomic mass is 9.67. The number of aromatic nitrogens is 2. The van der Waals surface area contributed by atoms with Crippen LogP contribution in [-0.4, -0.2) is 127 Å². The van der Waals surface area contributed by atoms with E-state index in [0.717, 1.165) is 37.1 Å². The van der Waals surface area contributed by atoms with Crippen LogP contribution in [0, 0.1) is 11.2 Å². The molecule has 6 N–H and O–H groups in total. The Bertz CT molecular complexity index is 2580. The smallest absolute Gasteiger partial charge is 0.312 e. The molecule has 18 nitrogen and oxygen atoms in total. The van der Waals surface area contributed by atoms with Gasteiger partial charge in [0, 0.05) is 74.5 Å². The Labute approximate surface area is 416 Å². The quantitative estimate of drug-likeness (QED) is 0.0305. The molecule has 378 valence electrons. The first-order chi connectivity index (χ1) is 34.3. The first-order valence-electron chi connectivity index (χ1n) is 24.1. The third-order valence-electron chi connectivity index (χ3n) is 13.2. The number of ketones is 1. The molecule has 1 unspecified atom stereocenters. The van der Waals surface area contributed by atoms with Gasteiger partial charge in [-0.05, 0) is 93.2 Å². The number of nitrogens with two attached hydrogens (primary N) is 1. The number of carbonyl (C=O) groups excluding carboxylic acids is 6. The summed E-state index contributed by atoms with van der Waals surface area (Å²) in [5, 5.41) is 12.2. The van der Waals surface area contributed by atoms with E-state index in [2.05, 4.69) is 36.1 Å². The summed E-state index contributed by atoms with van der Waals surface area (Å²) in [7, 11) is 1.57. The van der Waals surface area contributed by atoms with Gasteiger partial charge in [0.05, 0.1) is 43.5 Å². The molecule has 7 rings (SSSR count). The maximum absolute atomic E-state index is 13.9. The van der Waals surface area contributed by atoms with Crippen molar-refractivity contribution in [3.63, 3.8) is 0 Å². The summed E-state index contributed by atoms with van der Waals surface area (Å²) in [5.74, 6) is -0.737. The number of methoxy groups -OCH3 is 1. The van der Waals surface area contributed by atoms with Gasteiger partial charge in [0.25, 0.3) is 11.8 Å². The zero-order valence-corrected chi connectivity index (χ0v) is 40.6. The zero-order chi connectivity index (χ0) is 50.3. The summed E-state index contributed by atoms with van der Waals surface area (Å²) in [5.41, 5.74) is 7.00. The van der Waals surface area contributed by atoms with Crippen LogP contribution < -0.4 is 36.5 Å². The summed E-state index contributed by atoms with van der Waals surface area (Å²) < 4.78 is 31.6. The Morgan fingerprint density at radius 3 is 2.38 bits per heavy atom. The number of Topliss-reactive ketones (excluding diaryl/α,β-unsaturated/α-hetero) is 1. The van der Waals surface area contributed by atoms with Crippen molar-refractivity contribution in [3.05, 3.63) is 95.0 Å². The van der Waals surface area contributed by atoms with Crippen LogP contribution >= 0.6 is 11.6 Å². The van der Waals surface area contributed by atoms with Crippen LogP contribution in [0.5, 0.6) is 11.5 Å². The molecule has 2 atom stereocenters. The van der Waals surface area contributed by atoms with Gasteiger partial charge in [0.15, 0.2) is 17.3 Å². The molecule has 1 saturated heterocycles. The number of hydrogen-bond acceptors (Lipinski definition) is 13. The highest BCUT2D eigenvalue weighted by atomic mass is 35.5. The van der Waals surface area contributed by atoms with Crippen molar-refractivity contribution in [2.75, 3.05) is 65.0 Å². The lowest BCUT2D eigenvalue weighted by Gasteiger charge is -2.39. The number of benzene rings is 3. The van der Waals surface area contributed by atoms with E-state index in [1.54, 1.807) is 19.2 Å². The number of imide groups is 1. The number of anilines is 2. The third-order valence-corrected chi connectivity index (χ3v) is 13.4. The monoisotopic (exact) mass is 997 g/mol. The van der Waals surface area contributed by atoms with Gasteiger partial charge in [-0.1, -0.05) is 42.3 Å². The van der Waals surface area contributed by atoms with Crippen LogP contribution in [0.1, 0.15) is 68.9 Å². The van der Waals surface area contributed by atoms with Crippen molar-refractivity contribution >= 4 is 69.5 Å². The number of hydrogen-bond donors (Lipinski definition) is 5. The molecule has 71 heavy (non-hydrogen) atoms. The Kier molecular flexibility index (Phi) is 18.3. The number of rotatable bonds is 26. The standard InChI is InChI=1S/C51H61ClFN9O9/c1-69-43-30-41-37(47(58-32-57-41)59-35-13-14-39(53)38(52)28-35)29-44(43)71-24-7-21-61-23-25-70-31-36(61)26-33-9-11-34(12-10-33)27-42(63)40(8-5-20-56-50(54)68)60-49(67)51(17-6-18-51)48(66)55-19-3-2-4-22-62-45(64)15-16-46(62)65/h9-16,28-30,32,36,40H,2-8,17-27,31H2,1H3,(H,55,66)(H,60,67)(H3,54,56,68)(H,57,58,59)/t36?,40-/m0/s1. The normalized spacial score (nSPS) is 16.8. The lowest BCUT2D eigenvalue weighted by molar-refractivity contribution is -0.151. The molecular weight excluding hydrogens is 937 g/mol. The number of unbranched alkanes of at least 4 members (excludes halogenated alkanes) is 2. The predicted molar refractivity (Wildman–Crippen MR) is 264 cm³/mol. The maximum atomic E-state index is 13.9. The number of urea groups is 1. The number of morpholine rings is 1. The zero-order valence-electron chi connectivity index (χ0n) is 39.8. The van der Waals surface area contributed by atoms with Gasteiger partial charge in [-0.15, -0.1) is 0 Å². The van der Waals surface area contributed by atoms with E-state index < -0.39 is 29.2 Å². The van der Waals surface area contributed by atoms with E-state index >= 15 is 0 Å². The van der Waals surface area contributed by atoms with Crippen molar-refractivity contribution in [2.24, 2.45) is 11.1 Å². The van der Waals surface area contributed by atoms with E-state index in [0.29, 0.717) is 112 Å². The van der Waals surface area contributed by atoms with Crippen LogP contribution in [0.15, 0.2) is 73.1 Å². The molecule has 0 bridgehead atoms. The van der Waals surface area contributed by atoms with Gasteiger partial charge in [-0.3, -0.25) is 33.8 Å². The number of amides is 6. The molecule has 3 aromatic carbocycles. The number of fused-ring (bicyclic) bond motifs is 1. The molecule has 2 aliphatic heterocycles. The minimum absolute atomic E-state index is 0.0122. The van der Waals surface area contributed by atoms with E-state index in [4.69, 9.17) is 31.5 Å². The molecule has 0 spiro atoms. The number of nitrogens with zero attached hydrogens (tertiary/aromatic N) is 4. The molecule has 3 heterocycles. The van der Waals surface area contributed by atoms with E-state index in [-0.39, 0.29) is 54.0 Å². The molecule has 4 aromatic rings. The number of nitrogens with one attached hydrogen (secondary N) is 4. The van der Waals surface area contributed by atoms with Gasteiger partial charge in [-0.2, -0.15) is 0 Å². The van der Waals surface area contributed by atoms with Crippen LogP contribution in [-0.2, 0) is 41.6 Å². The minimum atomic E-state index is -1.29. The van der Waals surface area contributed by atoms with E-state index in [1.807, 2.05) is 30.3 Å². The molecule has 6 amide bonds. The van der Waals surface area contributed by atoms with E-state index in [1.165, 1.54) is 35.5 Å². The van der Waals surface area contributed by atoms with Crippen molar-refractivity contribution in [1.29, 1.82) is 0 Å². The summed E-state index contributed by atoms with van der Waals surface area (Å²) >= 11 is 6.01.